The van der Waals surface area contributed by atoms with Gasteiger partial charge in [0, 0.05) is 62.5 Å². The number of anilines is 1. The van der Waals surface area contributed by atoms with E-state index in [1.807, 2.05) is 41.9 Å². The summed E-state index contributed by atoms with van der Waals surface area (Å²) >= 11 is 2.53. The maximum absolute atomic E-state index is 13.7. The van der Waals surface area contributed by atoms with Gasteiger partial charge in [0.1, 0.15) is 24.2 Å². The highest BCUT2D eigenvalue weighted by Gasteiger charge is 2.65. The number of amides is 8. The number of urea groups is 1. The van der Waals surface area contributed by atoms with E-state index < -0.39 is 58.4 Å². The predicted octanol–water partition coefficient (Wildman–Crippen LogP) is 3.53. The van der Waals surface area contributed by atoms with Crippen molar-refractivity contribution >= 4 is 70.1 Å². The zero-order valence-electron chi connectivity index (χ0n) is 42.5. The first-order valence-electron chi connectivity index (χ1n) is 25.5. The first kappa shape index (κ1) is 58.6. The van der Waals surface area contributed by atoms with Crippen molar-refractivity contribution in [2.45, 2.75) is 91.8 Å². The number of aromatic nitrogens is 1. The van der Waals surface area contributed by atoms with Gasteiger partial charge in [0.25, 0.3) is 17.1 Å². The maximum Gasteiger partial charge on any atom is 0.426 e. The van der Waals surface area contributed by atoms with Gasteiger partial charge in [-0.2, -0.15) is 24.9 Å². The highest BCUT2D eigenvalue weighted by molar-refractivity contribution is 8.15. The Bertz CT molecular complexity index is 2480. The van der Waals surface area contributed by atoms with Crippen LogP contribution in [-0.2, 0) is 45.5 Å². The standard InChI is InChI=1S/C51H65F3N10O11S2/c1-63(41-9-4-5-19-55-41)22-25-75-36-17-11-33(12-18-36)30-40-47(69)64(49(71)77-40)43(66)31-37(58-45(67)34-13-15-35(16-14-34)50(61-62-50)51(52,53)54)46(68)57-21-7-24-73-27-29-74-28-26-72-23-6-20-56-42(65)10-3-2-8-39-44-38(32-76-39)59-48(70)60-44/h4-5,9,11-19,37-40,44,61-62H,2-3,6-8,10,20-32H2,1H3,(H,56,65)(H,57,68)(H,58,67)(H2,59,60,70)/t37-,38+,39+,40?,44+/m1/s1. The monoisotopic (exact) mass is 1110 g/mol. The minimum absolute atomic E-state index is 0.00552. The highest BCUT2D eigenvalue weighted by atomic mass is 32.2. The van der Waals surface area contributed by atoms with Crippen LogP contribution < -0.4 is 47.1 Å². The molecule has 7 N–H and O–H groups in total. The van der Waals surface area contributed by atoms with Crippen LogP contribution in [0.1, 0.15) is 66.4 Å². The van der Waals surface area contributed by atoms with Crippen molar-refractivity contribution < 1.29 is 65.7 Å². The van der Waals surface area contributed by atoms with Crippen molar-refractivity contribution in [3.05, 3.63) is 89.6 Å². The number of carbonyl (C=O) groups excluding carboxylic acids is 7. The number of hydrogen-bond acceptors (Lipinski definition) is 17. The average Bonchev–Trinajstić information content (AvgIpc) is 4.04. The molecule has 21 nitrogen and oxygen atoms in total. The second-order valence-corrected chi connectivity index (χ2v) is 21.0. The second-order valence-electron chi connectivity index (χ2n) is 18.6. The Labute approximate surface area is 452 Å². The summed E-state index contributed by atoms with van der Waals surface area (Å²) in [7, 11) is 1.90. The molecule has 7 rings (SSSR count). The number of rotatable bonds is 32. The fourth-order valence-electron chi connectivity index (χ4n) is 8.66. The van der Waals surface area contributed by atoms with Gasteiger partial charge in [0.15, 0.2) is 0 Å². The molecule has 77 heavy (non-hydrogen) atoms. The largest absolute Gasteiger partial charge is 0.492 e. The van der Waals surface area contributed by atoms with Crippen molar-refractivity contribution in [3.63, 3.8) is 0 Å². The number of benzene rings is 2. The molecule has 4 fully saturated rings. The molecule has 0 spiro atoms. The molecule has 5 heterocycles. The number of pyridine rings is 1. The van der Waals surface area contributed by atoms with E-state index in [9.17, 15) is 46.7 Å². The zero-order valence-corrected chi connectivity index (χ0v) is 44.2. The van der Waals surface area contributed by atoms with Crippen LogP contribution in [0.2, 0.25) is 0 Å². The van der Waals surface area contributed by atoms with Gasteiger partial charge in [0.05, 0.1) is 56.7 Å². The third kappa shape index (κ3) is 17.0. The number of halogens is 3. The zero-order chi connectivity index (χ0) is 54.8. The lowest BCUT2D eigenvalue weighted by Crippen LogP contribution is -2.50. The molecule has 4 saturated heterocycles. The number of ether oxygens (including phenoxy) is 4. The van der Waals surface area contributed by atoms with Crippen LogP contribution in [0.15, 0.2) is 72.9 Å². The molecule has 418 valence electrons. The van der Waals surface area contributed by atoms with E-state index in [2.05, 4.69) is 42.4 Å². The minimum Gasteiger partial charge on any atom is -0.492 e. The van der Waals surface area contributed by atoms with Gasteiger partial charge < -0.3 is 50.4 Å². The molecule has 0 saturated carbocycles. The number of hydrogen-bond donors (Lipinski definition) is 7. The number of imide groups is 3. The number of alkyl halides is 3. The van der Waals surface area contributed by atoms with Gasteiger partial charge in [-0.3, -0.25) is 28.8 Å². The van der Waals surface area contributed by atoms with E-state index >= 15 is 0 Å². The minimum atomic E-state index is -4.68. The lowest BCUT2D eigenvalue weighted by atomic mass is 10.0. The van der Waals surface area contributed by atoms with E-state index in [0.29, 0.717) is 92.0 Å². The molecular weight excluding hydrogens is 1050 g/mol. The van der Waals surface area contributed by atoms with Crippen molar-refractivity contribution in [2.24, 2.45) is 0 Å². The quantitative estimate of drug-likeness (QED) is 0.0268. The molecule has 0 aliphatic carbocycles. The normalized spacial score (nSPS) is 19.7. The molecule has 0 radical (unpaired) electrons. The Balaban J connectivity index is 0.783. The van der Waals surface area contributed by atoms with E-state index in [1.54, 1.807) is 30.5 Å². The number of carbonyl (C=O) groups is 7. The van der Waals surface area contributed by atoms with Crippen LogP contribution in [0.25, 0.3) is 0 Å². The second kappa shape index (κ2) is 28.6. The van der Waals surface area contributed by atoms with Crippen LogP contribution in [0.3, 0.4) is 0 Å². The van der Waals surface area contributed by atoms with Crippen LogP contribution in [0, 0.1) is 0 Å². The number of unbranched alkanes of at least 4 members (excludes halogenated alkanes) is 1. The number of nitrogens with zero attached hydrogens (tertiary/aromatic N) is 3. The van der Waals surface area contributed by atoms with Gasteiger partial charge in [-0.25, -0.2) is 25.5 Å². The van der Waals surface area contributed by atoms with Crippen molar-refractivity contribution in [3.8, 4) is 5.75 Å². The Morgan fingerprint density at radius 3 is 2.19 bits per heavy atom. The Kier molecular flexibility index (Phi) is 21.7. The van der Waals surface area contributed by atoms with Gasteiger partial charge in [-0.1, -0.05) is 48.5 Å². The van der Waals surface area contributed by atoms with Gasteiger partial charge in [-0.15, -0.1) is 0 Å². The number of fused-ring (bicyclic) bond motifs is 1. The third-order valence-corrected chi connectivity index (χ3v) is 15.6. The van der Waals surface area contributed by atoms with Crippen LogP contribution in [0.4, 0.5) is 28.6 Å². The Hall–Kier alpha value is -6.03. The molecule has 8 amide bonds. The SMILES string of the molecule is CN(CCOc1ccc(CC2SC(=O)N(C(=O)C[C@@H](NC(=O)c3ccc(C4(C(F)(F)F)NN4)cc3)C(=O)NCCCOCCOCCOCCCNC(=O)CCCC[C@@H]3SC[C@@H]4NC(=O)N[C@@H]43)C2=O)cc1)c1ccccn1. The highest BCUT2D eigenvalue weighted by Crippen LogP contribution is 2.42. The fourth-order valence-corrected chi connectivity index (χ4v) is 11.2. The van der Waals surface area contributed by atoms with Gasteiger partial charge in [-0.05, 0) is 79.6 Å². The average molecular weight is 1120 g/mol. The molecule has 1 unspecified atom stereocenters. The molecule has 4 aliphatic rings. The molecule has 26 heteroatoms. The summed E-state index contributed by atoms with van der Waals surface area (Å²) in [6.07, 6.45) is 0.450. The number of nitrogens with one attached hydrogen (secondary N) is 7. The first-order chi connectivity index (χ1) is 37.1. The molecule has 4 aliphatic heterocycles. The molecule has 3 aromatic rings. The van der Waals surface area contributed by atoms with Crippen LogP contribution in [-0.4, -0.2) is 164 Å². The van der Waals surface area contributed by atoms with E-state index in [0.717, 1.165) is 55.1 Å². The third-order valence-electron chi connectivity index (χ3n) is 13.0. The van der Waals surface area contributed by atoms with Gasteiger partial charge >= 0.3 is 12.2 Å². The molecule has 1 aromatic heterocycles. The van der Waals surface area contributed by atoms with E-state index in [1.165, 1.54) is 0 Å². The molecule has 2 aromatic carbocycles. The Morgan fingerprint density at radius 2 is 1.53 bits per heavy atom. The van der Waals surface area contributed by atoms with Crippen LogP contribution in [0.5, 0.6) is 5.75 Å². The molecule has 0 bridgehead atoms. The number of hydrazine groups is 1. The summed E-state index contributed by atoms with van der Waals surface area (Å²) in [5.41, 5.74) is 2.08. The molecule has 5 atom stereocenters. The van der Waals surface area contributed by atoms with Crippen molar-refractivity contribution in [1.82, 2.24) is 47.3 Å². The maximum atomic E-state index is 13.7. The first-order valence-corrected chi connectivity index (χ1v) is 27.4. The van der Waals surface area contributed by atoms with E-state index in [4.69, 9.17) is 18.9 Å². The summed E-state index contributed by atoms with van der Waals surface area (Å²) in [5, 5.41) is 12.5. The summed E-state index contributed by atoms with van der Waals surface area (Å²) in [5.74, 6) is -1.21. The number of likely N-dealkylation sites (N-methyl/N-ethyl adjacent to an activating group) is 1. The summed E-state index contributed by atoms with van der Waals surface area (Å²) in [6.45, 7) is 3.39. The van der Waals surface area contributed by atoms with Gasteiger partial charge in [0.2, 0.25) is 23.4 Å². The van der Waals surface area contributed by atoms with E-state index in [-0.39, 0.29) is 67.9 Å². The summed E-state index contributed by atoms with van der Waals surface area (Å²) < 4.78 is 63.6. The molecular formula is C51H65F3N10O11S2. The predicted molar refractivity (Wildman–Crippen MR) is 280 cm³/mol. The van der Waals surface area contributed by atoms with Crippen molar-refractivity contribution in [2.75, 3.05) is 83.6 Å². The number of thioether (sulfide) groups is 2. The fraction of sp³-hybridized carbons (Fsp3) is 0.529. The summed E-state index contributed by atoms with van der Waals surface area (Å²) in [6, 6.07) is 15.7. The van der Waals surface area contributed by atoms with Crippen LogP contribution >= 0.6 is 23.5 Å². The summed E-state index contributed by atoms with van der Waals surface area (Å²) in [4.78, 5) is 97.9. The topological polar surface area (TPSA) is 280 Å². The van der Waals surface area contributed by atoms with Crippen molar-refractivity contribution in [1.29, 1.82) is 0 Å². The Morgan fingerprint density at radius 1 is 0.844 bits per heavy atom. The smallest absolute Gasteiger partial charge is 0.426 e. The lowest BCUT2D eigenvalue weighted by molar-refractivity contribution is -0.165. The lowest BCUT2D eigenvalue weighted by Gasteiger charge is -2.21.